The molecule has 3 heteroatoms. The van der Waals surface area contributed by atoms with E-state index in [2.05, 4.69) is 36.2 Å². The number of carboxylic acids is 1. The standard InChI is InChI=1S/C16H23NO2/c1-17-10-8-14(9-11-17)15-6-2-4-13(12-15)5-3-7-16(18)19/h2,4,6,12,14H,3,5,7-11H2,1H3,(H,18,19). The van der Waals surface area contributed by atoms with E-state index < -0.39 is 5.97 Å². The molecule has 1 aliphatic rings. The van der Waals surface area contributed by atoms with E-state index in [1.54, 1.807) is 0 Å². The van der Waals surface area contributed by atoms with Gasteiger partial charge in [0.1, 0.15) is 0 Å². The van der Waals surface area contributed by atoms with Crippen LogP contribution in [-0.2, 0) is 11.2 Å². The summed E-state index contributed by atoms with van der Waals surface area (Å²) in [5, 5.41) is 8.67. The summed E-state index contributed by atoms with van der Waals surface area (Å²) < 4.78 is 0. The van der Waals surface area contributed by atoms with Crippen molar-refractivity contribution in [2.75, 3.05) is 20.1 Å². The van der Waals surface area contributed by atoms with Crippen molar-refractivity contribution in [3.05, 3.63) is 35.4 Å². The van der Waals surface area contributed by atoms with E-state index in [1.165, 1.54) is 37.1 Å². The molecule has 1 fully saturated rings. The van der Waals surface area contributed by atoms with E-state index in [9.17, 15) is 4.79 Å². The number of carboxylic acid groups (broad SMARTS) is 1. The van der Waals surface area contributed by atoms with Crippen molar-refractivity contribution in [1.82, 2.24) is 4.90 Å². The second-order valence-corrected chi connectivity index (χ2v) is 5.57. The van der Waals surface area contributed by atoms with Gasteiger partial charge in [-0.2, -0.15) is 0 Å². The molecule has 0 amide bonds. The average molecular weight is 261 g/mol. The van der Waals surface area contributed by atoms with Crippen LogP contribution in [0.1, 0.15) is 42.7 Å². The molecule has 3 nitrogen and oxygen atoms in total. The molecular weight excluding hydrogens is 238 g/mol. The summed E-state index contributed by atoms with van der Waals surface area (Å²) in [4.78, 5) is 12.9. The van der Waals surface area contributed by atoms with Crippen molar-refractivity contribution in [3.63, 3.8) is 0 Å². The molecule has 1 aromatic carbocycles. The molecule has 0 aromatic heterocycles. The van der Waals surface area contributed by atoms with E-state index >= 15 is 0 Å². The third kappa shape index (κ3) is 4.35. The Bertz CT molecular complexity index is 423. The lowest BCUT2D eigenvalue weighted by molar-refractivity contribution is -0.137. The van der Waals surface area contributed by atoms with Gasteiger partial charge in [0.05, 0.1) is 0 Å². The largest absolute Gasteiger partial charge is 0.481 e. The molecule has 1 aliphatic heterocycles. The third-order valence-electron chi connectivity index (χ3n) is 4.00. The van der Waals surface area contributed by atoms with E-state index in [-0.39, 0.29) is 6.42 Å². The van der Waals surface area contributed by atoms with Crippen LogP contribution in [0.5, 0.6) is 0 Å². The van der Waals surface area contributed by atoms with Crippen molar-refractivity contribution in [2.45, 2.75) is 38.0 Å². The van der Waals surface area contributed by atoms with E-state index in [4.69, 9.17) is 5.11 Å². The first kappa shape index (κ1) is 14.1. The topological polar surface area (TPSA) is 40.5 Å². The van der Waals surface area contributed by atoms with Crippen molar-refractivity contribution in [1.29, 1.82) is 0 Å². The summed E-state index contributed by atoms with van der Waals surface area (Å²) in [6.45, 7) is 2.35. The number of likely N-dealkylation sites (tertiary alicyclic amines) is 1. The van der Waals surface area contributed by atoms with Gasteiger partial charge in [-0.25, -0.2) is 0 Å². The number of hydrogen-bond acceptors (Lipinski definition) is 2. The molecule has 0 bridgehead atoms. The smallest absolute Gasteiger partial charge is 0.303 e. The molecule has 0 radical (unpaired) electrons. The number of carbonyl (C=O) groups is 1. The second kappa shape index (κ2) is 6.71. The molecule has 104 valence electrons. The molecule has 0 spiro atoms. The SMILES string of the molecule is CN1CCC(c2cccc(CCCC(=O)O)c2)CC1. The molecule has 1 aromatic rings. The fourth-order valence-electron chi connectivity index (χ4n) is 2.79. The summed E-state index contributed by atoms with van der Waals surface area (Å²) in [6, 6.07) is 8.72. The highest BCUT2D eigenvalue weighted by Gasteiger charge is 2.18. The lowest BCUT2D eigenvalue weighted by Gasteiger charge is -2.29. The zero-order chi connectivity index (χ0) is 13.7. The van der Waals surface area contributed by atoms with E-state index in [0.29, 0.717) is 5.92 Å². The van der Waals surface area contributed by atoms with Gasteiger partial charge in [-0.1, -0.05) is 24.3 Å². The lowest BCUT2D eigenvalue weighted by Crippen LogP contribution is -2.29. The molecule has 0 atom stereocenters. The van der Waals surface area contributed by atoms with Crippen LogP contribution in [-0.4, -0.2) is 36.1 Å². The Labute approximate surface area is 115 Å². The Balaban J connectivity index is 1.93. The summed E-state index contributed by atoms with van der Waals surface area (Å²) in [7, 11) is 2.18. The maximum atomic E-state index is 10.5. The van der Waals surface area contributed by atoms with Crippen LogP contribution in [0.2, 0.25) is 0 Å². The van der Waals surface area contributed by atoms with Crippen LogP contribution < -0.4 is 0 Å². The summed E-state index contributed by atoms with van der Waals surface area (Å²) in [6.07, 6.45) is 4.32. The Morgan fingerprint density at radius 1 is 1.37 bits per heavy atom. The van der Waals surface area contributed by atoms with Crippen LogP contribution in [0, 0.1) is 0 Å². The van der Waals surface area contributed by atoms with Gasteiger partial charge in [-0.3, -0.25) is 4.79 Å². The monoisotopic (exact) mass is 261 g/mol. The minimum Gasteiger partial charge on any atom is -0.481 e. The molecule has 1 N–H and O–H groups in total. The van der Waals surface area contributed by atoms with Crippen LogP contribution in [0.25, 0.3) is 0 Å². The molecule has 2 rings (SSSR count). The molecule has 1 heterocycles. The molecule has 0 unspecified atom stereocenters. The first-order chi connectivity index (χ1) is 9.15. The summed E-state index contributed by atoms with van der Waals surface area (Å²) in [5.41, 5.74) is 2.71. The number of hydrogen-bond donors (Lipinski definition) is 1. The lowest BCUT2D eigenvalue weighted by atomic mass is 9.88. The third-order valence-corrected chi connectivity index (χ3v) is 4.00. The van der Waals surface area contributed by atoms with Crippen molar-refractivity contribution in [3.8, 4) is 0 Å². The van der Waals surface area contributed by atoms with Crippen LogP contribution in [0.15, 0.2) is 24.3 Å². The van der Waals surface area contributed by atoms with Crippen molar-refractivity contribution < 1.29 is 9.90 Å². The molecule has 19 heavy (non-hydrogen) atoms. The Morgan fingerprint density at radius 2 is 2.11 bits per heavy atom. The van der Waals surface area contributed by atoms with Gasteiger partial charge < -0.3 is 10.0 Å². The normalized spacial score (nSPS) is 17.5. The van der Waals surface area contributed by atoms with Gasteiger partial charge in [-0.15, -0.1) is 0 Å². The van der Waals surface area contributed by atoms with Gasteiger partial charge in [0.2, 0.25) is 0 Å². The maximum Gasteiger partial charge on any atom is 0.303 e. The van der Waals surface area contributed by atoms with Crippen molar-refractivity contribution >= 4 is 5.97 Å². The number of aliphatic carboxylic acids is 1. The van der Waals surface area contributed by atoms with Gasteiger partial charge in [-0.05, 0) is 62.9 Å². The van der Waals surface area contributed by atoms with E-state index in [1.807, 2.05) is 0 Å². The minimum atomic E-state index is -0.702. The quantitative estimate of drug-likeness (QED) is 0.886. The first-order valence-electron chi connectivity index (χ1n) is 7.14. The van der Waals surface area contributed by atoms with Gasteiger partial charge in [0, 0.05) is 6.42 Å². The Kier molecular flexibility index (Phi) is 4.97. The predicted octanol–water partition coefficient (Wildman–Crippen LogP) is 2.90. The van der Waals surface area contributed by atoms with Crippen molar-refractivity contribution in [2.24, 2.45) is 0 Å². The highest BCUT2D eigenvalue weighted by atomic mass is 16.4. The fourth-order valence-corrected chi connectivity index (χ4v) is 2.79. The predicted molar refractivity (Wildman–Crippen MR) is 76.5 cm³/mol. The molecule has 1 saturated heterocycles. The minimum absolute atomic E-state index is 0.262. The highest BCUT2D eigenvalue weighted by Crippen LogP contribution is 2.28. The number of benzene rings is 1. The zero-order valence-electron chi connectivity index (χ0n) is 11.6. The number of rotatable bonds is 5. The first-order valence-corrected chi connectivity index (χ1v) is 7.14. The Hall–Kier alpha value is -1.35. The average Bonchev–Trinajstić information content (AvgIpc) is 2.39. The zero-order valence-corrected chi connectivity index (χ0v) is 11.6. The maximum absolute atomic E-state index is 10.5. The number of aryl methyl sites for hydroxylation is 1. The number of nitrogens with zero attached hydrogens (tertiary/aromatic N) is 1. The molecular formula is C16H23NO2. The summed E-state index contributed by atoms with van der Waals surface area (Å²) >= 11 is 0. The fraction of sp³-hybridized carbons (Fsp3) is 0.562. The summed E-state index contributed by atoms with van der Waals surface area (Å²) in [5.74, 6) is -0.0258. The van der Waals surface area contributed by atoms with Gasteiger partial charge >= 0.3 is 5.97 Å². The van der Waals surface area contributed by atoms with Crippen LogP contribution in [0.3, 0.4) is 0 Å². The van der Waals surface area contributed by atoms with Gasteiger partial charge in [0.15, 0.2) is 0 Å². The van der Waals surface area contributed by atoms with Crippen LogP contribution >= 0.6 is 0 Å². The highest BCUT2D eigenvalue weighted by molar-refractivity contribution is 5.66. The molecule has 0 saturated carbocycles. The number of piperidine rings is 1. The van der Waals surface area contributed by atoms with E-state index in [0.717, 1.165) is 12.8 Å². The molecule has 0 aliphatic carbocycles. The Morgan fingerprint density at radius 3 is 2.79 bits per heavy atom. The van der Waals surface area contributed by atoms with Crippen LogP contribution in [0.4, 0.5) is 0 Å². The van der Waals surface area contributed by atoms with Gasteiger partial charge in [0.25, 0.3) is 0 Å². The second-order valence-electron chi connectivity index (χ2n) is 5.57.